The number of methoxy groups -OCH3 is 1. The minimum atomic E-state index is -0.665. The first-order chi connectivity index (χ1) is 9.60. The summed E-state index contributed by atoms with van der Waals surface area (Å²) in [4.78, 5) is 11.8. The molecule has 1 aromatic carbocycles. The van der Waals surface area contributed by atoms with Crippen LogP contribution in [-0.4, -0.2) is 37.4 Å². The molecule has 5 nitrogen and oxygen atoms in total. The number of carbonyl (C=O) groups is 1. The number of carbonyl (C=O) groups excluding carboxylic acids is 1. The number of ether oxygens (including phenoxy) is 2. The molecule has 0 saturated heterocycles. The fraction of sp³-hybridized carbons (Fsp3) is 0.500. The Balaban J connectivity index is 2.55. The second-order valence-electron chi connectivity index (χ2n) is 4.27. The maximum atomic E-state index is 11.8. The van der Waals surface area contributed by atoms with Gasteiger partial charge in [-0.05, 0) is 25.5 Å². The van der Waals surface area contributed by atoms with Crippen LogP contribution in [0.25, 0.3) is 0 Å². The van der Waals surface area contributed by atoms with Crippen molar-refractivity contribution >= 4 is 17.5 Å². The number of aliphatic hydroxyl groups excluding tert-OH is 1. The van der Waals surface area contributed by atoms with Gasteiger partial charge in [-0.3, -0.25) is 4.79 Å². The number of hydrogen-bond acceptors (Lipinski definition) is 4. The van der Waals surface area contributed by atoms with Crippen LogP contribution in [0.15, 0.2) is 18.2 Å². The van der Waals surface area contributed by atoms with Gasteiger partial charge in [-0.1, -0.05) is 17.7 Å². The van der Waals surface area contributed by atoms with Gasteiger partial charge in [0.05, 0.1) is 6.61 Å². The minimum absolute atomic E-state index is 0.218. The van der Waals surface area contributed by atoms with E-state index in [0.717, 1.165) is 6.42 Å². The fourth-order valence-corrected chi connectivity index (χ4v) is 1.84. The fourth-order valence-electron chi connectivity index (χ4n) is 1.62. The van der Waals surface area contributed by atoms with E-state index in [1.165, 1.54) is 0 Å². The summed E-state index contributed by atoms with van der Waals surface area (Å²) >= 11 is 5.96. The van der Waals surface area contributed by atoms with Gasteiger partial charge in [-0.2, -0.15) is 0 Å². The predicted molar refractivity (Wildman–Crippen MR) is 77.0 cm³/mol. The van der Waals surface area contributed by atoms with Crippen LogP contribution in [0.1, 0.15) is 18.9 Å². The molecule has 1 rings (SSSR count). The van der Waals surface area contributed by atoms with E-state index in [4.69, 9.17) is 21.1 Å². The Hall–Kier alpha value is -1.30. The van der Waals surface area contributed by atoms with Gasteiger partial charge in [0.1, 0.15) is 5.75 Å². The Morgan fingerprint density at radius 3 is 2.90 bits per heavy atom. The molecule has 0 heterocycles. The molecule has 0 radical (unpaired) electrons. The molecular formula is C14H20ClNO4. The van der Waals surface area contributed by atoms with Gasteiger partial charge in [0.2, 0.25) is 0 Å². The zero-order valence-electron chi connectivity index (χ0n) is 11.7. The number of aliphatic hydroxyl groups is 1. The number of benzene rings is 1. The Morgan fingerprint density at radius 2 is 2.25 bits per heavy atom. The summed E-state index contributed by atoms with van der Waals surface area (Å²) < 4.78 is 10.4. The van der Waals surface area contributed by atoms with Gasteiger partial charge >= 0.3 is 0 Å². The van der Waals surface area contributed by atoms with Crippen molar-refractivity contribution in [3.8, 4) is 5.75 Å². The molecular weight excluding hydrogens is 282 g/mol. The molecule has 0 aliphatic rings. The molecule has 0 saturated carbocycles. The molecule has 0 bridgehead atoms. The average molecular weight is 302 g/mol. The second-order valence-corrected chi connectivity index (χ2v) is 4.68. The molecule has 1 amide bonds. The number of hydrogen-bond donors (Lipinski definition) is 2. The summed E-state index contributed by atoms with van der Waals surface area (Å²) in [5, 5.41) is 12.4. The monoisotopic (exact) mass is 301 g/mol. The average Bonchev–Trinajstić information content (AvgIpc) is 2.43. The van der Waals surface area contributed by atoms with Crippen LogP contribution in [0.5, 0.6) is 5.75 Å². The highest BCUT2D eigenvalue weighted by molar-refractivity contribution is 6.31. The SMILES string of the molecule is COCCCNC(=O)C(C)Oc1cccc(Cl)c1CO. The smallest absolute Gasteiger partial charge is 0.260 e. The molecule has 20 heavy (non-hydrogen) atoms. The van der Waals surface area contributed by atoms with Crippen molar-refractivity contribution in [1.29, 1.82) is 0 Å². The van der Waals surface area contributed by atoms with Gasteiger partial charge in [0.25, 0.3) is 5.91 Å². The molecule has 0 spiro atoms. The highest BCUT2D eigenvalue weighted by atomic mass is 35.5. The van der Waals surface area contributed by atoms with Crippen molar-refractivity contribution in [2.45, 2.75) is 26.1 Å². The molecule has 0 aromatic heterocycles. The van der Waals surface area contributed by atoms with Gasteiger partial charge < -0.3 is 19.9 Å². The maximum Gasteiger partial charge on any atom is 0.260 e. The normalized spacial score (nSPS) is 12.0. The summed E-state index contributed by atoms with van der Waals surface area (Å²) in [6, 6.07) is 5.04. The van der Waals surface area contributed by atoms with Crippen molar-refractivity contribution in [2.24, 2.45) is 0 Å². The van der Waals surface area contributed by atoms with E-state index in [1.807, 2.05) is 0 Å². The number of rotatable bonds is 8. The molecule has 0 aliphatic heterocycles. The van der Waals surface area contributed by atoms with Gasteiger partial charge in [0.15, 0.2) is 6.10 Å². The first kappa shape index (κ1) is 16.8. The third-order valence-electron chi connectivity index (χ3n) is 2.73. The largest absolute Gasteiger partial charge is 0.480 e. The Bertz CT molecular complexity index is 439. The summed E-state index contributed by atoms with van der Waals surface area (Å²) in [7, 11) is 1.61. The molecule has 0 aliphatic carbocycles. The topological polar surface area (TPSA) is 67.8 Å². The molecule has 112 valence electrons. The van der Waals surface area contributed by atoms with E-state index in [9.17, 15) is 9.90 Å². The summed E-state index contributed by atoms with van der Waals surface area (Å²) in [5.41, 5.74) is 0.480. The van der Waals surface area contributed by atoms with Crippen LogP contribution in [0.2, 0.25) is 5.02 Å². The Morgan fingerprint density at radius 1 is 1.50 bits per heavy atom. The van der Waals surface area contributed by atoms with Crippen LogP contribution in [-0.2, 0) is 16.1 Å². The van der Waals surface area contributed by atoms with Crippen molar-refractivity contribution in [3.05, 3.63) is 28.8 Å². The van der Waals surface area contributed by atoms with Gasteiger partial charge in [0, 0.05) is 30.8 Å². The Labute approximate surface area is 123 Å². The molecule has 6 heteroatoms. The molecule has 1 atom stereocenters. The minimum Gasteiger partial charge on any atom is -0.480 e. The first-order valence-corrected chi connectivity index (χ1v) is 6.79. The van der Waals surface area contributed by atoms with Crippen LogP contribution in [0.4, 0.5) is 0 Å². The summed E-state index contributed by atoms with van der Waals surface area (Å²) in [6.07, 6.45) is 0.0786. The predicted octanol–water partition coefficient (Wildman–Crippen LogP) is 1.75. The zero-order valence-corrected chi connectivity index (χ0v) is 12.4. The van der Waals surface area contributed by atoms with Crippen LogP contribution in [0, 0.1) is 0 Å². The summed E-state index contributed by atoms with van der Waals surface area (Å²) in [6.45, 7) is 2.53. The third-order valence-corrected chi connectivity index (χ3v) is 3.09. The van der Waals surface area contributed by atoms with Crippen molar-refractivity contribution in [2.75, 3.05) is 20.3 Å². The van der Waals surface area contributed by atoms with Crippen LogP contribution < -0.4 is 10.1 Å². The number of amides is 1. The highest BCUT2D eigenvalue weighted by Gasteiger charge is 2.16. The lowest BCUT2D eigenvalue weighted by Crippen LogP contribution is -2.37. The van der Waals surface area contributed by atoms with Gasteiger partial charge in [-0.25, -0.2) is 0 Å². The van der Waals surface area contributed by atoms with Crippen molar-refractivity contribution in [1.82, 2.24) is 5.32 Å². The van der Waals surface area contributed by atoms with E-state index >= 15 is 0 Å². The van der Waals surface area contributed by atoms with Crippen LogP contribution >= 0.6 is 11.6 Å². The zero-order chi connectivity index (χ0) is 15.0. The molecule has 0 fully saturated rings. The van der Waals surface area contributed by atoms with E-state index in [2.05, 4.69) is 5.32 Å². The van der Waals surface area contributed by atoms with Crippen molar-refractivity contribution in [3.63, 3.8) is 0 Å². The van der Waals surface area contributed by atoms with E-state index in [-0.39, 0.29) is 12.5 Å². The highest BCUT2D eigenvalue weighted by Crippen LogP contribution is 2.27. The van der Waals surface area contributed by atoms with E-state index in [1.54, 1.807) is 32.2 Å². The molecule has 1 aromatic rings. The number of halogens is 1. The Kier molecular flexibility index (Phi) is 7.36. The molecule has 2 N–H and O–H groups in total. The van der Waals surface area contributed by atoms with Crippen LogP contribution in [0.3, 0.4) is 0 Å². The second kappa shape index (κ2) is 8.79. The number of nitrogens with one attached hydrogen (secondary N) is 1. The third kappa shape index (κ3) is 5.00. The lowest BCUT2D eigenvalue weighted by Gasteiger charge is -2.17. The maximum absolute atomic E-state index is 11.8. The quantitative estimate of drug-likeness (QED) is 0.718. The van der Waals surface area contributed by atoms with E-state index in [0.29, 0.717) is 29.5 Å². The lowest BCUT2D eigenvalue weighted by molar-refractivity contribution is -0.127. The first-order valence-electron chi connectivity index (χ1n) is 6.41. The van der Waals surface area contributed by atoms with E-state index < -0.39 is 6.10 Å². The lowest BCUT2D eigenvalue weighted by atomic mass is 10.2. The van der Waals surface area contributed by atoms with Crippen molar-refractivity contribution < 1.29 is 19.4 Å². The summed E-state index contributed by atoms with van der Waals surface area (Å²) in [5.74, 6) is 0.199. The van der Waals surface area contributed by atoms with Gasteiger partial charge in [-0.15, -0.1) is 0 Å². The standard InChI is InChI=1S/C14H20ClNO4/c1-10(14(18)16-7-4-8-19-2)20-13-6-3-5-12(15)11(13)9-17/h3,5-6,10,17H,4,7-9H2,1-2H3,(H,16,18). The molecule has 1 unspecified atom stereocenters.